The van der Waals surface area contributed by atoms with Crippen molar-refractivity contribution in [3.8, 4) is 0 Å². The van der Waals surface area contributed by atoms with Crippen molar-refractivity contribution in [2.45, 2.75) is 71.5 Å². The Morgan fingerprint density at radius 3 is 2.52 bits per heavy atom. The molecule has 1 aromatic heterocycles. The highest BCUT2D eigenvalue weighted by atomic mass is 16.6. The molecule has 1 unspecified atom stereocenters. The highest BCUT2D eigenvalue weighted by Crippen LogP contribution is 2.38. The summed E-state index contributed by atoms with van der Waals surface area (Å²) in [6, 6.07) is 3.96. The van der Waals surface area contributed by atoms with Crippen LogP contribution in [-0.4, -0.2) is 11.7 Å². The normalized spacial score (nSPS) is 21.6. The number of ether oxygens (including phenoxy) is 1. The summed E-state index contributed by atoms with van der Waals surface area (Å²) in [7, 11) is 0. The zero-order valence-corrected chi connectivity index (χ0v) is 13.8. The topological polar surface area (TPSA) is 25.7 Å². The van der Waals surface area contributed by atoms with Crippen LogP contribution in [0.15, 0.2) is 46.1 Å². The fraction of sp³-hybridized carbons (Fsp3) is 0.579. The van der Waals surface area contributed by atoms with Gasteiger partial charge in [0.15, 0.2) is 0 Å². The van der Waals surface area contributed by atoms with Crippen molar-refractivity contribution in [2.75, 3.05) is 0 Å². The summed E-state index contributed by atoms with van der Waals surface area (Å²) in [4.78, 5) is 0. The summed E-state index contributed by atoms with van der Waals surface area (Å²) >= 11 is 0. The van der Waals surface area contributed by atoms with Gasteiger partial charge in [-0.2, -0.15) is 0 Å². The quantitative estimate of drug-likeness (QED) is 0.469. The summed E-state index contributed by atoms with van der Waals surface area (Å²) in [6.07, 6.45) is 12.3. The molecule has 0 N–H and O–H groups in total. The van der Waals surface area contributed by atoms with Crippen LogP contribution >= 0.6 is 0 Å². The standard InChI is InChI=1S/C19H28O2/c1-15(10-12-17-9-6-14-20-17)7-5-8-16(2)11-13-18-19(3,4)21-18/h6,8-10,14,18H,5,7,11-13H2,1-4H3/b15-10+,16-8+. The van der Waals surface area contributed by atoms with Gasteiger partial charge in [-0.25, -0.2) is 0 Å². The molecule has 1 fully saturated rings. The lowest BCUT2D eigenvalue weighted by atomic mass is 10.0. The molecule has 2 nitrogen and oxygen atoms in total. The van der Waals surface area contributed by atoms with Crippen LogP contribution in [0.25, 0.3) is 0 Å². The monoisotopic (exact) mass is 288 g/mol. The molecule has 2 rings (SSSR count). The van der Waals surface area contributed by atoms with Crippen molar-refractivity contribution in [2.24, 2.45) is 0 Å². The van der Waals surface area contributed by atoms with Crippen LogP contribution in [0.4, 0.5) is 0 Å². The van der Waals surface area contributed by atoms with E-state index in [-0.39, 0.29) is 5.60 Å². The molecule has 1 atom stereocenters. The Hall–Kier alpha value is -1.28. The minimum Gasteiger partial charge on any atom is -0.469 e. The first-order chi connectivity index (χ1) is 9.97. The number of hydrogen-bond acceptors (Lipinski definition) is 2. The maximum absolute atomic E-state index is 5.62. The van der Waals surface area contributed by atoms with Crippen LogP contribution in [0.5, 0.6) is 0 Å². The first kappa shape index (κ1) is 16.1. The van der Waals surface area contributed by atoms with Gasteiger partial charge in [0.05, 0.1) is 18.0 Å². The fourth-order valence-corrected chi connectivity index (χ4v) is 2.55. The Morgan fingerprint density at radius 1 is 1.19 bits per heavy atom. The molecular formula is C19H28O2. The van der Waals surface area contributed by atoms with E-state index in [1.807, 2.05) is 12.1 Å². The number of furan rings is 1. The minimum atomic E-state index is 0.130. The minimum absolute atomic E-state index is 0.130. The van der Waals surface area contributed by atoms with Gasteiger partial charge in [0.2, 0.25) is 0 Å². The van der Waals surface area contributed by atoms with Crippen LogP contribution in [0, 0.1) is 0 Å². The van der Waals surface area contributed by atoms with Gasteiger partial charge in [0.25, 0.3) is 0 Å². The molecule has 1 saturated heterocycles. The first-order valence-corrected chi connectivity index (χ1v) is 7.99. The van der Waals surface area contributed by atoms with E-state index in [1.165, 1.54) is 11.1 Å². The molecule has 21 heavy (non-hydrogen) atoms. The molecule has 1 aliphatic rings. The lowest BCUT2D eigenvalue weighted by Crippen LogP contribution is -2.02. The van der Waals surface area contributed by atoms with Gasteiger partial charge in [-0.05, 0) is 65.5 Å². The summed E-state index contributed by atoms with van der Waals surface area (Å²) in [6.45, 7) is 8.78. The van der Waals surface area contributed by atoms with E-state index in [0.29, 0.717) is 6.10 Å². The molecule has 1 aliphatic heterocycles. The van der Waals surface area contributed by atoms with E-state index in [2.05, 4.69) is 39.8 Å². The first-order valence-electron chi connectivity index (χ1n) is 7.99. The Morgan fingerprint density at radius 2 is 1.90 bits per heavy atom. The van der Waals surface area contributed by atoms with Crippen molar-refractivity contribution in [1.82, 2.24) is 0 Å². The Bertz CT molecular complexity index is 492. The molecule has 116 valence electrons. The molecule has 1 aromatic rings. The lowest BCUT2D eigenvalue weighted by Gasteiger charge is -2.02. The van der Waals surface area contributed by atoms with Crippen molar-refractivity contribution in [3.05, 3.63) is 47.5 Å². The maximum atomic E-state index is 5.62. The largest absolute Gasteiger partial charge is 0.469 e. The maximum Gasteiger partial charge on any atom is 0.107 e. The fourth-order valence-electron chi connectivity index (χ4n) is 2.55. The predicted molar refractivity (Wildman–Crippen MR) is 87.3 cm³/mol. The average Bonchev–Trinajstić information content (AvgIpc) is 2.84. The molecule has 0 amide bonds. The number of hydrogen-bond donors (Lipinski definition) is 0. The third-order valence-corrected chi connectivity index (χ3v) is 4.23. The third kappa shape index (κ3) is 5.55. The predicted octanol–water partition coefficient (Wildman–Crippen LogP) is 5.45. The number of allylic oxidation sites excluding steroid dienone is 4. The molecule has 0 bridgehead atoms. The average molecular weight is 288 g/mol. The van der Waals surface area contributed by atoms with E-state index in [9.17, 15) is 0 Å². The van der Waals surface area contributed by atoms with Crippen molar-refractivity contribution in [3.63, 3.8) is 0 Å². The Balaban J connectivity index is 1.63. The van der Waals surface area contributed by atoms with Gasteiger partial charge in [-0.3, -0.25) is 0 Å². The van der Waals surface area contributed by atoms with Gasteiger partial charge in [0.1, 0.15) is 5.76 Å². The molecule has 0 aromatic carbocycles. The molecule has 2 heterocycles. The van der Waals surface area contributed by atoms with E-state index < -0.39 is 0 Å². The van der Waals surface area contributed by atoms with Gasteiger partial charge < -0.3 is 9.15 Å². The summed E-state index contributed by atoms with van der Waals surface area (Å²) in [5.41, 5.74) is 3.05. The number of rotatable bonds is 8. The van der Waals surface area contributed by atoms with Gasteiger partial charge in [-0.15, -0.1) is 0 Å². The molecule has 0 spiro atoms. The van der Waals surface area contributed by atoms with Crippen molar-refractivity contribution in [1.29, 1.82) is 0 Å². The third-order valence-electron chi connectivity index (χ3n) is 4.23. The zero-order chi connectivity index (χ0) is 15.3. The highest BCUT2D eigenvalue weighted by Gasteiger charge is 2.46. The second-order valence-electron chi connectivity index (χ2n) is 6.67. The second kappa shape index (κ2) is 7.13. The van der Waals surface area contributed by atoms with E-state index in [4.69, 9.17) is 9.15 Å². The smallest absolute Gasteiger partial charge is 0.107 e. The molecule has 0 saturated carbocycles. The van der Waals surface area contributed by atoms with Crippen molar-refractivity contribution >= 4 is 0 Å². The second-order valence-corrected chi connectivity index (χ2v) is 6.67. The van der Waals surface area contributed by atoms with Gasteiger partial charge in [0, 0.05) is 6.42 Å². The van der Waals surface area contributed by atoms with E-state index in [1.54, 1.807) is 6.26 Å². The van der Waals surface area contributed by atoms with Crippen LogP contribution in [0.3, 0.4) is 0 Å². The summed E-state index contributed by atoms with van der Waals surface area (Å²) in [5, 5.41) is 0. The van der Waals surface area contributed by atoms with Crippen LogP contribution in [0.2, 0.25) is 0 Å². The lowest BCUT2D eigenvalue weighted by molar-refractivity contribution is 0.320. The van der Waals surface area contributed by atoms with E-state index in [0.717, 1.165) is 37.9 Å². The molecule has 0 radical (unpaired) electrons. The van der Waals surface area contributed by atoms with Crippen LogP contribution < -0.4 is 0 Å². The van der Waals surface area contributed by atoms with Gasteiger partial charge >= 0.3 is 0 Å². The molecular weight excluding hydrogens is 260 g/mol. The summed E-state index contributed by atoms with van der Waals surface area (Å²) < 4.78 is 11.0. The van der Waals surface area contributed by atoms with E-state index >= 15 is 0 Å². The zero-order valence-electron chi connectivity index (χ0n) is 13.8. The molecule has 2 heteroatoms. The van der Waals surface area contributed by atoms with Gasteiger partial charge in [-0.1, -0.05) is 23.3 Å². The molecule has 0 aliphatic carbocycles. The Kier molecular flexibility index (Phi) is 5.46. The SMILES string of the molecule is C/C(=C\Cc1ccco1)CC/C=C(\C)CCC1OC1(C)C. The summed E-state index contributed by atoms with van der Waals surface area (Å²) in [5.74, 6) is 1.04. The Labute approximate surface area is 128 Å². The van der Waals surface area contributed by atoms with Crippen LogP contribution in [-0.2, 0) is 11.2 Å². The highest BCUT2D eigenvalue weighted by molar-refractivity contribution is 5.09. The van der Waals surface area contributed by atoms with Crippen LogP contribution in [0.1, 0.15) is 59.1 Å². The van der Waals surface area contributed by atoms with Crippen molar-refractivity contribution < 1.29 is 9.15 Å². The number of epoxide rings is 1.